The summed E-state index contributed by atoms with van der Waals surface area (Å²) in [6.45, 7) is 33.7. The number of aryl methyl sites for hydroxylation is 8. The van der Waals surface area contributed by atoms with Gasteiger partial charge < -0.3 is 4.90 Å². The van der Waals surface area contributed by atoms with Gasteiger partial charge in [0.15, 0.2) is 0 Å². The number of benzene rings is 13. The van der Waals surface area contributed by atoms with Gasteiger partial charge in [-0.05, 0) is 267 Å². The van der Waals surface area contributed by atoms with E-state index in [-0.39, 0.29) is 10.8 Å². The topological polar surface area (TPSA) is 3.24 Å². The molecule has 0 aliphatic heterocycles. The van der Waals surface area contributed by atoms with Gasteiger partial charge in [-0.2, -0.15) is 0 Å². The van der Waals surface area contributed by atoms with Crippen LogP contribution in [0.5, 0.6) is 0 Å². The predicted molar refractivity (Wildman–Crippen MR) is 388 cm³/mol. The van der Waals surface area contributed by atoms with Crippen molar-refractivity contribution < 1.29 is 0 Å². The van der Waals surface area contributed by atoms with Crippen LogP contribution in [0.3, 0.4) is 0 Å². The molecule has 0 unspecified atom stereocenters. The van der Waals surface area contributed by atoms with Crippen LogP contribution < -0.4 is 4.90 Å². The highest BCUT2D eigenvalue weighted by molar-refractivity contribution is 6.31. The van der Waals surface area contributed by atoms with E-state index < -0.39 is 0 Å². The fourth-order valence-corrected chi connectivity index (χ4v) is 14.9. The molecule has 0 bridgehead atoms. The van der Waals surface area contributed by atoms with Crippen LogP contribution in [0.25, 0.3) is 93.7 Å². The molecule has 0 aromatic heterocycles. The minimum Gasteiger partial charge on any atom is -0.310 e. The van der Waals surface area contributed by atoms with E-state index in [1.165, 1.54) is 188 Å². The summed E-state index contributed by atoms with van der Waals surface area (Å²) >= 11 is 0. The maximum atomic E-state index is 2.56. The molecule has 0 atom stereocenters. The van der Waals surface area contributed by atoms with Crippen LogP contribution in [0.4, 0.5) is 17.1 Å². The normalized spacial score (nSPS) is 13.3. The summed E-state index contributed by atoms with van der Waals surface area (Å²) in [7, 11) is 0. The van der Waals surface area contributed by atoms with E-state index in [0.717, 1.165) is 6.42 Å². The molecule has 0 spiro atoms. The average Bonchev–Trinajstić information content (AvgIpc) is 1.16. The van der Waals surface area contributed by atoms with E-state index in [1.807, 2.05) is 0 Å². The van der Waals surface area contributed by atoms with Gasteiger partial charge in [-0.3, -0.25) is 0 Å². The summed E-state index contributed by atoms with van der Waals surface area (Å²) in [4.78, 5) is 2.56. The summed E-state index contributed by atoms with van der Waals surface area (Å²) in [5, 5.41) is 10.3. The number of hydrogen-bond acceptors (Lipinski definition) is 1. The summed E-state index contributed by atoms with van der Waals surface area (Å²) in [5.41, 5.74) is 34.4. The first-order chi connectivity index (χ1) is 42.7. The molecule has 13 aromatic carbocycles. The molecule has 0 fully saturated rings. The molecule has 0 radical (unpaired) electrons. The van der Waals surface area contributed by atoms with E-state index in [9.17, 15) is 0 Å². The van der Waals surface area contributed by atoms with Crippen LogP contribution in [0.2, 0.25) is 0 Å². The van der Waals surface area contributed by atoms with Crippen molar-refractivity contribution in [3.63, 3.8) is 0 Å². The molecule has 0 saturated heterocycles. The number of hydrogen-bond donors (Lipinski definition) is 0. The smallest absolute Gasteiger partial charge is 0.0546 e. The van der Waals surface area contributed by atoms with Crippen LogP contribution in [0.1, 0.15) is 124 Å². The van der Waals surface area contributed by atoms with Crippen LogP contribution in [0.15, 0.2) is 212 Å². The molecule has 2 aliphatic rings. The van der Waals surface area contributed by atoms with E-state index in [2.05, 4.69) is 327 Å². The lowest BCUT2D eigenvalue weighted by atomic mass is 9.82. The quantitative estimate of drug-likeness (QED) is 0.144. The Balaban J connectivity index is 0.000000229. The fourth-order valence-electron chi connectivity index (χ4n) is 14.9. The Morgan fingerprint density at radius 3 is 1.48 bits per heavy atom. The Bertz CT molecular complexity index is 4950. The van der Waals surface area contributed by atoms with Gasteiger partial charge in [0.25, 0.3) is 0 Å². The first-order valence-electron chi connectivity index (χ1n) is 32.1. The van der Waals surface area contributed by atoms with Crippen molar-refractivity contribution in [1.29, 1.82) is 0 Å². The Morgan fingerprint density at radius 1 is 0.337 bits per heavy atom. The maximum Gasteiger partial charge on any atom is 0.0546 e. The Morgan fingerprint density at radius 2 is 0.843 bits per heavy atom. The molecule has 89 heavy (non-hydrogen) atoms. The molecular weight excluding hydrogens is 1070 g/mol. The van der Waals surface area contributed by atoms with Gasteiger partial charge in [0.05, 0.1) is 5.69 Å². The molecule has 0 amide bonds. The number of fused-ring (bicyclic) bond motifs is 7. The molecule has 13 aromatic rings. The lowest BCUT2D eigenvalue weighted by Gasteiger charge is -2.31. The highest BCUT2D eigenvalue weighted by Gasteiger charge is 2.37. The fraction of sp³-hybridized carbons (Fsp3) is 0.205. The second-order valence-electron chi connectivity index (χ2n) is 26.9. The van der Waals surface area contributed by atoms with Crippen LogP contribution in [-0.2, 0) is 10.8 Å². The second-order valence-corrected chi connectivity index (χ2v) is 26.9. The van der Waals surface area contributed by atoms with Crippen LogP contribution in [0, 0.1) is 69.2 Å². The second kappa shape index (κ2) is 22.7. The molecule has 440 valence electrons. The van der Waals surface area contributed by atoms with E-state index >= 15 is 0 Å². The minimum atomic E-state index is -0.137. The van der Waals surface area contributed by atoms with E-state index in [4.69, 9.17) is 0 Å². The number of allylic oxidation sites excluding steroid dienone is 1. The number of rotatable bonds is 7. The van der Waals surface area contributed by atoms with Crippen molar-refractivity contribution in [1.82, 2.24) is 0 Å². The molecule has 0 saturated carbocycles. The van der Waals surface area contributed by atoms with Crippen LogP contribution >= 0.6 is 0 Å². The highest BCUT2D eigenvalue weighted by atomic mass is 15.1. The van der Waals surface area contributed by atoms with Crippen molar-refractivity contribution >= 4 is 66.2 Å². The molecule has 1 nitrogen and oxygen atoms in total. The zero-order valence-electron chi connectivity index (χ0n) is 54.9. The summed E-state index contributed by atoms with van der Waals surface area (Å²) in [6, 6.07) is 78.2. The van der Waals surface area contributed by atoms with Gasteiger partial charge in [-0.25, -0.2) is 0 Å². The Hall–Kier alpha value is -9.30. The molecule has 15 rings (SSSR count). The van der Waals surface area contributed by atoms with Gasteiger partial charge in [-0.15, -0.1) is 0 Å². The van der Waals surface area contributed by atoms with Gasteiger partial charge in [0.1, 0.15) is 0 Å². The minimum absolute atomic E-state index is 0.137. The summed E-state index contributed by atoms with van der Waals surface area (Å²) in [5.74, 6) is 0. The monoisotopic (exact) mass is 1150 g/mol. The number of nitrogens with zero attached hydrogens (tertiary/aromatic N) is 1. The average molecular weight is 1150 g/mol. The van der Waals surface area contributed by atoms with Crippen molar-refractivity contribution in [2.75, 3.05) is 4.90 Å². The third-order valence-electron chi connectivity index (χ3n) is 20.3. The third-order valence-corrected chi connectivity index (χ3v) is 20.3. The van der Waals surface area contributed by atoms with Gasteiger partial charge in [0, 0.05) is 33.0 Å². The van der Waals surface area contributed by atoms with Crippen molar-refractivity contribution in [3.8, 4) is 44.5 Å². The Kier molecular flexibility index (Phi) is 15.0. The van der Waals surface area contributed by atoms with Gasteiger partial charge >= 0.3 is 0 Å². The number of anilines is 3. The zero-order valence-corrected chi connectivity index (χ0v) is 54.9. The van der Waals surface area contributed by atoms with E-state index in [1.54, 1.807) is 0 Å². The molecule has 1 heteroatoms. The van der Waals surface area contributed by atoms with Crippen molar-refractivity contribution in [2.45, 2.75) is 121 Å². The predicted octanol–water partition coefficient (Wildman–Crippen LogP) is 25.0. The van der Waals surface area contributed by atoms with Gasteiger partial charge in [0.2, 0.25) is 0 Å². The molecule has 0 heterocycles. The lowest BCUT2D eigenvalue weighted by molar-refractivity contribution is 0.660. The first kappa shape index (κ1) is 58.7. The molecular formula is C88H83N. The van der Waals surface area contributed by atoms with Crippen LogP contribution in [-0.4, -0.2) is 0 Å². The highest BCUT2D eigenvalue weighted by Crippen LogP contribution is 2.54. The Labute approximate surface area is 529 Å². The standard InChI is InChI=1S/C62H53N.C16H16.C10H14/c1-9-10-15-43-33-45(21-20-37(43)2)55-32-40(5)49-26-27-53-56(46-23-22-42-16-11-12-17-44(42)34-46)36-59(54-29-28-52(55)60(49)61(53)54)63(48-30-38(3)41(6)39(4)31-48)47-24-25-51-50-18-13-14-19-57(50)62(7,8)58(51)35-47;1-11-8-9-13-12-6-4-5-7-14(12)16(2,3)15(13)10-11;1-7-5-8(2)10(4)9(3)6-7/h10-36H,9H2,1-8H3;4-10H,1-3H3;5-6H,1-4H3/b15-10-;;. The molecule has 0 N–H and O–H groups in total. The maximum absolute atomic E-state index is 2.56. The third kappa shape index (κ3) is 10.1. The lowest BCUT2D eigenvalue weighted by Crippen LogP contribution is -2.17. The summed E-state index contributed by atoms with van der Waals surface area (Å²) < 4.78 is 0. The van der Waals surface area contributed by atoms with E-state index in [0.29, 0.717) is 0 Å². The first-order valence-corrected chi connectivity index (χ1v) is 32.1. The summed E-state index contributed by atoms with van der Waals surface area (Å²) in [6.07, 6.45) is 5.56. The van der Waals surface area contributed by atoms with Crippen molar-refractivity contribution in [3.05, 3.63) is 296 Å². The zero-order chi connectivity index (χ0) is 62.4. The SMILES string of the molecule is CC/C=C\c1cc(-c2cc(C)c3ccc4c(-c5ccc6ccccc6c5)cc(N(c5cc(C)c(C)c(C)c5)c5ccc6c(c5)C(C)(C)c5ccccc5-6)c5ccc2c3c45)ccc1C.Cc1cc(C)c(C)c(C)c1.Cc1ccc2c(c1)C(C)(C)c1ccccc1-2. The van der Waals surface area contributed by atoms with Gasteiger partial charge in [-0.1, -0.05) is 222 Å². The molecule has 2 aliphatic carbocycles. The largest absolute Gasteiger partial charge is 0.310 e. The van der Waals surface area contributed by atoms with Crippen molar-refractivity contribution in [2.24, 2.45) is 0 Å².